The summed E-state index contributed by atoms with van der Waals surface area (Å²) in [6.45, 7) is 0. The quantitative estimate of drug-likeness (QED) is 0.665. The molecule has 1 heterocycles. The van der Waals surface area contributed by atoms with E-state index in [0.29, 0.717) is 10.0 Å². The van der Waals surface area contributed by atoms with E-state index in [4.69, 9.17) is 29.0 Å². The molecule has 1 unspecified atom stereocenters. The average molecular weight is 271 g/mol. The molecule has 1 aromatic heterocycles. The number of hydrogen-bond donors (Lipinski definition) is 2. The van der Waals surface area contributed by atoms with Crippen LogP contribution < -0.4 is 11.3 Å². The van der Waals surface area contributed by atoms with Crippen molar-refractivity contribution < 1.29 is 0 Å². The van der Waals surface area contributed by atoms with Gasteiger partial charge in [0.15, 0.2) is 0 Å². The van der Waals surface area contributed by atoms with E-state index in [0.717, 1.165) is 11.3 Å². The molecule has 90 valence electrons. The van der Waals surface area contributed by atoms with Gasteiger partial charge in [0.2, 0.25) is 0 Å². The normalized spacial score (nSPS) is 12.7. The van der Waals surface area contributed by atoms with Crippen molar-refractivity contribution in [3.63, 3.8) is 0 Å². The number of rotatable bonds is 3. The van der Waals surface area contributed by atoms with Crippen molar-refractivity contribution in [2.24, 2.45) is 12.9 Å². The minimum absolute atomic E-state index is 0.276. The summed E-state index contributed by atoms with van der Waals surface area (Å²) in [6.07, 6.45) is 1.85. The molecule has 2 aromatic rings. The first-order valence-corrected chi connectivity index (χ1v) is 5.78. The second-order valence-corrected chi connectivity index (χ2v) is 4.44. The van der Waals surface area contributed by atoms with E-state index in [9.17, 15) is 0 Å². The molecule has 0 spiro atoms. The number of hydrazine groups is 1. The summed E-state index contributed by atoms with van der Waals surface area (Å²) in [5.74, 6) is 5.56. The van der Waals surface area contributed by atoms with Crippen LogP contribution in [0, 0.1) is 0 Å². The Morgan fingerprint density at radius 2 is 2.12 bits per heavy atom. The highest BCUT2D eigenvalue weighted by Gasteiger charge is 2.18. The maximum Gasteiger partial charge on any atom is 0.0914 e. The summed E-state index contributed by atoms with van der Waals surface area (Å²) in [5, 5.41) is 5.29. The first-order valence-electron chi connectivity index (χ1n) is 5.03. The Kier molecular flexibility index (Phi) is 3.69. The first-order chi connectivity index (χ1) is 8.13. The Balaban J connectivity index is 2.45. The zero-order chi connectivity index (χ0) is 12.4. The van der Waals surface area contributed by atoms with Crippen molar-refractivity contribution in [3.05, 3.63) is 51.8 Å². The first kappa shape index (κ1) is 12.4. The summed E-state index contributed by atoms with van der Waals surface area (Å²) >= 11 is 12.1. The summed E-state index contributed by atoms with van der Waals surface area (Å²) in [7, 11) is 1.84. The smallest absolute Gasteiger partial charge is 0.0914 e. The summed E-state index contributed by atoms with van der Waals surface area (Å²) in [5.41, 5.74) is 4.29. The second kappa shape index (κ2) is 5.06. The van der Waals surface area contributed by atoms with Crippen LogP contribution in [0.1, 0.15) is 17.3 Å². The zero-order valence-corrected chi connectivity index (χ0v) is 10.7. The molecule has 0 amide bonds. The van der Waals surface area contributed by atoms with Crippen molar-refractivity contribution in [2.45, 2.75) is 6.04 Å². The van der Waals surface area contributed by atoms with E-state index in [-0.39, 0.29) is 6.04 Å². The van der Waals surface area contributed by atoms with Crippen molar-refractivity contribution in [1.29, 1.82) is 0 Å². The SMILES string of the molecule is Cn1ccc(C(NN)c2cccc(Cl)c2Cl)n1. The van der Waals surface area contributed by atoms with Gasteiger partial charge in [-0.25, -0.2) is 5.43 Å². The number of nitrogens with zero attached hydrogens (tertiary/aromatic N) is 2. The maximum absolute atomic E-state index is 6.16. The van der Waals surface area contributed by atoms with Gasteiger partial charge in [-0.15, -0.1) is 0 Å². The third-order valence-electron chi connectivity index (χ3n) is 2.49. The van der Waals surface area contributed by atoms with Crippen molar-refractivity contribution in [3.8, 4) is 0 Å². The molecule has 1 atom stereocenters. The van der Waals surface area contributed by atoms with Crippen LogP contribution in [0.4, 0.5) is 0 Å². The standard InChI is InChI=1S/C11H12Cl2N4/c1-17-6-5-9(16-17)11(15-14)7-3-2-4-8(12)10(7)13/h2-6,11,15H,14H2,1H3. The molecular formula is C11H12Cl2N4. The maximum atomic E-state index is 6.16. The molecule has 0 bridgehead atoms. The van der Waals surface area contributed by atoms with Gasteiger partial charge in [-0.1, -0.05) is 35.3 Å². The summed E-state index contributed by atoms with van der Waals surface area (Å²) in [4.78, 5) is 0. The molecule has 6 heteroatoms. The number of nitrogens with two attached hydrogens (primary N) is 1. The molecule has 1 aromatic carbocycles. The highest BCUT2D eigenvalue weighted by atomic mass is 35.5. The Morgan fingerprint density at radius 3 is 2.71 bits per heavy atom. The molecular weight excluding hydrogens is 259 g/mol. The summed E-state index contributed by atoms with van der Waals surface area (Å²) in [6, 6.07) is 7.04. The lowest BCUT2D eigenvalue weighted by molar-refractivity contribution is 0.604. The van der Waals surface area contributed by atoms with Crippen LogP contribution >= 0.6 is 23.2 Å². The van der Waals surface area contributed by atoms with Crippen molar-refractivity contribution in [2.75, 3.05) is 0 Å². The van der Waals surface area contributed by atoms with Gasteiger partial charge in [0.1, 0.15) is 0 Å². The van der Waals surface area contributed by atoms with E-state index in [2.05, 4.69) is 10.5 Å². The minimum Gasteiger partial charge on any atom is -0.275 e. The molecule has 0 radical (unpaired) electrons. The van der Waals surface area contributed by atoms with Gasteiger partial charge in [-0.3, -0.25) is 10.5 Å². The number of aromatic nitrogens is 2. The predicted octanol–water partition coefficient (Wildman–Crippen LogP) is 2.28. The van der Waals surface area contributed by atoms with E-state index >= 15 is 0 Å². The zero-order valence-electron chi connectivity index (χ0n) is 9.19. The van der Waals surface area contributed by atoms with Crippen LogP contribution in [0.5, 0.6) is 0 Å². The van der Waals surface area contributed by atoms with Gasteiger partial charge in [-0.05, 0) is 17.7 Å². The lowest BCUT2D eigenvalue weighted by atomic mass is 10.0. The third-order valence-corrected chi connectivity index (χ3v) is 3.32. The number of aryl methyl sites for hydroxylation is 1. The molecule has 2 rings (SSSR count). The molecule has 0 fully saturated rings. The van der Waals surface area contributed by atoms with Gasteiger partial charge in [0.05, 0.1) is 21.8 Å². The summed E-state index contributed by atoms with van der Waals surface area (Å²) < 4.78 is 1.71. The van der Waals surface area contributed by atoms with Crippen molar-refractivity contribution >= 4 is 23.2 Å². The molecule has 17 heavy (non-hydrogen) atoms. The second-order valence-electron chi connectivity index (χ2n) is 3.66. The molecule has 4 nitrogen and oxygen atoms in total. The largest absolute Gasteiger partial charge is 0.275 e. The van der Waals surface area contributed by atoms with E-state index in [1.54, 1.807) is 10.7 Å². The van der Waals surface area contributed by atoms with Crippen LogP contribution in [0.15, 0.2) is 30.5 Å². The van der Waals surface area contributed by atoms with E-state index in [1.807, 2.05) is 31.4 Å². The van der Waals surface area contributed by atoms with E-state index < -0.39 is 0 Å². The Labute approximate surface area is 109 Å². The Hall–Kier alpha value is -1.07. The molecule has 0 aliphatic carbocycles. The lowest BCUT2D eigenvalue weighted by Gasteiger charge is -2.16. The highest BCUT2D eigenvalue weighted by molar-refractivity contribution is 6.42. The highest BCUT2D eigenvalue weighted by Crippen LogP contribution is 2.32. The molecule has 0 aliphatic rings. The number of halogens is 2. The molecule has 3 N–H and O–H groups in total. The van der Waals surface area contributed by atoms with Crippen LogP contribution in [0.25, 0.3) is 0 Å². The average Bonchev–Trinajstić information content (AvgIpc) is 2.72. The van der Waals surface area contributed by atoms with Crippen LogP contribution in [-0.4, -0.2) is 9.78 Å². The Bertz CT molecular complexity index is 524. The minimum atomic E-state index is -0.276. The van der Waals surface area contributed by atoms with Gasteiger partial charge >= 0.3 is 0 Å². The van der Waals surface area contributed by atoms with E-state index in [1.165, 1.54) is 0 Å². The lowest BCUT2D eigenvalue weighted by Crippen LogP contribution is -2.29. The Morgan fingerprint density at radius 1 is 1.35 bits per heavy atom. The monoisotopic (exact) mass is 270 g/mol. The fourth-order valence-electron chi connectivity index (χ4n) is 1.66. The van der Waals surface area contributed by atoms with Gasteiger partial charge in [0, 0.05) is 13.2 Å². The van der Waals surface area contributed by atoms with Crippen LogP contribution in [0.3, 0.4) is 0 Å². The predicted molar refractivity (Wildman–Crippen MR) is 68.8 cm³/mol. The van der Waals surface area contributed by atoms with Gasteiger partial charge in [-0.2, -0.15) is 5.10 Å². The fraction of sp³-hybridized carbons (Fsp3) is 0.182. The van der Waals surface area contributed by atoms with Crippen molar-refractivity contribution in [1.82, 2.24) is 15.2 Å². The number of benzene rings is 1. The molecule has 0 aliphatic heterocycles. The third kappa shape index (κ3) is 2.45. The van der Waals surface area contributed by atoms with Crippen LogP contribution in [-0.2, 0) is 7.05 Å². The molecule has 0 saturated carbocycles. The number of hydrogen-bond acceptors (Lipinski definition) is 3. The van der Waals surface area contributed by atoms with Crippen LogP contribution in [0.2, 0.25) is 10.0 Å². The topological polar surface area (TPSA) is 55.9 Å². The van der Waals surface area contributed by atoms with Gasteiger partial charge < -0.3 is 0 Å². The number of nitrogens with one attached hydrogen (secondary N) is 1. The van der Waals surface area contributed by atoms with Gasteiger partial charge in [0.25, 0.3) is 0 Å². The molecule has 0 saturated heterocycles. The fourth-order valence-corrected chi connectivity index (χ4v) is 2.08.